The molecule has 112 valence electrons. The van der Waals surface area contributed by atoms with Crippen molar-refractivity contribution in [3.05, 3.63) is 70.8 Å². The van der Waals surface area contributed by atoms with Crippen molar-refractivity contribution < 1.29 is 0 Å². The van der Waals surface area contributed by atoms with E-state index in [2.05, 4.69) is 26.2 Å². The molecule has 0 saturated carbocycles. The van der Waals surface area contributed by atoms with E-state index in [0.717, 1.165) is 22.2 Å². The van der Waals surface area contributed by atoms with Gasteiger partial charge < -0.3 is 4.98 Å². The molecular weight excluding hydrogens is 288 g/mol. The van der Waals surface area contributed by atoms with Gasteiger partial charge in [-0.05, 0) is 43.3 Å². The van der Waals surface area contributed by atoms with E-state index in [1.807, 2.05) is 37.3 Å². The van der Waals surface area contributed by atoms with Gasteiger partial charge in [-0.15, -0.1) is 0 Å². The minimum Gasteiger partial charge on any atom is -0.354 e. The fraction of sp³-hybridized carbons (Fsp3) is 0.0556. The Bertz CT molecular complexity index is 1050. The van der Waals surface area contributed by atoms with Crippen LogP contribution in [-0.2, 0) is 0 Å². The van der Waals surface area contributed by atoms with Crippen LogP contribution < -0.4 is 5.56 Å². The van der Waals surface area contributed by atoms with Crippen LogP contribution in [0.3, 0.4) is 0 Å². The quantitative estimate of drug-likeness (QED) is 0.596. The molecule has 4 aromatic rings. The molecule has 0 atom stereocenters. The topological polar surface area (TPSA) is 74.4 Å². The molecule has 2 N–H and O–H groups in total. The second kappa shape index (κ2) is 5.21. The van der Waals surface area contributed by atoms with Gasteiger partial charge in [0.1, 0.15) is 0 Å². The molecule has 5 nitrogen and oxygen atoms in total. The number of hydrogen-bond donors (Lipinski definition) is 2. The Morgan fingerprint density at radius 2 is 1.83 bits per heavy atom. The number of pyridine rings is 1. The third-order valence-electron chi connectivity index (χ3n) is 3.85. The summed E-state index contributed by atoms with van der Waals surface area (Å²) in [5.41, 5.74) is 4.94. The third-order valence-corrected chi connectivity index (χ3v) is 3.85. The summed E-state index contributed by atoms with van der Waals surface area (Å²) in [6.45, 7) is 2.05. The maximum atomic E-state index is 12.2. The zero-order valence-corrected chi connectivity index (χ0v) is 12.5. The number of hydrogen-bond acceptors (Lipinski definition) is 3. The van der Waals surface area contributed by atoms with E-state index in [-0.39, 0.29) is 5.56 Å². The van der Waals surface area contributed by atoms with E-state index in [4.69, 9.17) is 0 Å². The van der Waals surface area contributed by atoms with Gasteiger partial charge in [0, 0.05) is 28.9 Å². The molecule has 3 heterocycles. The number of nitrogens with one attached hydrogen (secondary N) is 2. The third kappa shape index (κ3) is 2.42. The summed E-state index contributed by atoms with van der Waals surface area (Å²) in [7, 11) is 0. The highest BCUT2D eigenvalue weighted by molar-refractivity contribution is 5.86. The summed E-state index contributed by atoms with van der Waals surface area (Å²) in [4.78, 5) is 19.5. The Hall–Kier alpha value is -3.21. The van der Waals surface area contributed by atoms with Gasteiger partial charge in [0.15, 0.2) is 0 Å². The SMILES string of the molecule is Cc1ccc2[nH]c(-c3cc(-c4ccncc4)n[nH]c3=O)cc2c1. The summed E-state index contributed by atoms with van der Waals surface area (Å²) in [5.74, 6) is 0. The van der Waals surface area contributed by atoms with Gasteiger partial charge >= 0.3 is 0 Å². The molecule has 0 aliphatic carbocycles. The fourth-order valence-corrected chi connectivity index (χ4v) is 2.67. The first kappa shape index (κ1) is 13.5. The van der Waals surface area contributed by atoms with Gasteiger partial charge in [0.2, 0.25) is 0 Å². The van der Waals surface area contributed by atoms with Gasteiger partial charge in [-0.25, -0.2) is 5.10 Å². The van der Waals surface area contributed by atoms with Crippen molar-refractivity contribution >= 4 is 10.9 Å². The molecule has 3 aromatic heterocycles. The highest BCUT2D eigenvalue weighted by Crippen LogP contribution is 2.25. The largest absolute Gasteiger partial charge is 0.354 e. The molecule has 1 aromatic carbocycles. The highest BCUT2D eigenvalue weighted by Gasteiger charge is 2.10. The smallest absolute Gasteiger partial charge is 0.273 e. The molecule has 0 amide bonds. The van der Waals surface area contributed by atoms with Gasteiger partial charge in [-0.1, -0.05) is 11.6 Å². The summed E-state index contributed by atoms with van der Waals surface area (Å²) >= 11 is 0. The van der Waals surface area contributed by atoms with Crippen molar-refractivity contribution in [2.24, 2.45) is 0 Å². The van der Waals surface area contributed by atoms with Crippen molar-refractivity contribution in [3.63, 3.8) is 0 Å². The van der Waals surface area contributed by atoms with Crippen LogP contribution in [0.4, 0.5) is 0 Å². The van der Waals surface area contributed by atoms with Crippen LogP contribution >= 0.6 is 0 Å². The van der Waals surface area contributed by atoms with E-state index >= 15 is 0 Å². The zero-order valence-electron chi connectivity index (χ0n) is 12.5. The molecule has 0 radical (unpaired) electrons. The van der Waals surface area contributed by atoms with Crippen molar-refractivity contribution in [2.45, 2.75) is 6.92 Å². The predicted octanol–water partition coefficient (Wildman–Crippen LogP) is 3.29. The number of aryl methyl sites for hydroxylation is 1. The highest BCUT2D eigenvalue weighted by atomic mass is 16.1. The second-order valence-electron chi connectivity index (χ2n) is 5.51. The minimum absolute atomic E-state index is 0.217. The number of aromatic amines is 2. The van der Waals surface area contributed by atoms with E-state index < -0.39 is 0 Å². The lowest BCUT2D eigenvalue weighted by atomic mass is 10.1. The number of H-pyrrole nitrogens is 2. The predicted molar refractivity (Wildman–Crippen MR) is 90.1 cm³/mol. The fourth-order valence-electron chi connectivity index (χ4n) is 2.67. The number of benzene rings is 1. The Kier molecular flexibility index (Phi) is 3.05. The lowest BCUT2D eigenvalue weighted by Gasteiger charge is -2.02. The van der Waals surface area contributed by atoms with Crippen LogP contribution in [0.15, 0.2) is 59.7 Å². The first-order chi connectivity index (χ1) is 11.2. The van der Waals surface area contributed by atoms with Crippen LogP contribution in [0.25, 0.3) is 33.4 Å². The minimum atomic E-state index is -0.217. The maximum Gasteiger partial charge on any atom is 0.273 e. The van der Waals surface area contributed by atoms with Crippen molar-refractivity contribution in [1.82, 2.24) is 20.2 Å². The molecular formula is C18H14N4O. The second-order valence-corrected chi connectivity index (χ2v) is 5.51. The molecule has 0 bridgehead atoms. The Labute approximate surface area is 132 Å². The molecule has 0 saturated heterocycles. The van der Waals surface area contributed by atoms with Crippen LogP contribution in [-0.4, -0.2) is 20.2 Å². The maximum absolute atomic E-state index is 12.2. The van der Waals surface area contributed by atoms with Gasteiger partial charge in [0.25, 0.3) is 5.56 Å². The lowest BCUT2D eigenvalue weighted by Crippen LogP contribution is -2.11. The first-order valence-corrected chi connectivity index (χ1v) is 7.30. The molecule has 0 fully saturated rings. The Balaban J connectivity index is 1.88. The van der Waals surface area contributed by atoms with Crippen LogP contribution in [0.2, 0.25) is 0 Å². The van der Waals surface area contributed by atoms with Crippen molar-refractivity contribution in [3.8, 4) is 22.5 Å². The number of rotatable bonds is 2. The van der Waals surface area contributed by atoms with E-state index in [1.54, 1.807) is 18.5 Å². The average molecular weight is 302 g/mol. The van der Waals surface area contributed by atoms with Crippen LogP contribution in [0, 0.1) is 6.92 Å². The van der Waals surface area contributed by atoms with Gasteiger partial charge in [-0.3, -0.25) is 9.78 Å². The average Bonchev–Trinajstić information content (AvgIpc) is 2.99. The molecule has 0 unspecified atom stereocenters. The Morgan fingerprint density at radius 1 is 1.00 bits per heavy atom. The van der Waals surface area contributed by atoms with Gasteiger partial charge in [0.05, 0.1) is 17.0 Å². The summed E-state index contributed by atoms with van der Waals surface area (Å²) in [5, 5.41) is 7.78. The first-order valence-electron chi connectivity index (χ1n) is 7.30. The molecule has 4 rings (SSSR count). The number of fused-ring (bicyclic) bond motifs is 1. The standard InChI is InChI=1S/C18H14N4O/c1-11-2-3-15-13(8-11)9-17(20-15)14-10-16(21-22-18(14)23)12-4-6-19-7-5-12/h2-10,20H,1H3,(H,22,23). The van der Waals surface area contributed by atoms with Crippen molar-refractivity contribution in [2.75, 3.05) is 0 Å². The molecule has 0 spiro atoms. The normalized spacial score (nSPS) is 11.0. The molecule has 5 heteroatoms. The number of aromatic nitrogens is 4. The zero-order chi connectivity index (χ0) is 15.8. The van der Waals surface area contributed by atoms with E-state index in [0.29, 0.717) is 11.3 Å². The molecule has 0 aliphatic heterocycles. The van der Waals surface area contributed by atoms with Crippen molar-refractivity contribution in [1.29, 1.82) is 0 Å². The molecule has 0 aliphatic rings. The Morgan fingerprint density at radius 3 is 2.65 bits per heavy atom. The van der Waals surface area contributed by atoms with Gasteiger partial charge in [-0.2, -0.15) is 5.10 Å². The van der Waals surface area contributed by atoms with E-state index in [1.165, 1.54) is 5.56 Å². The van der Waals surface area contributed by atoms with Crippen LogP contribution in [0.5, 0.6) is 0 Å². The summed E-state index contributed by atoms with van der Waals surface area (Å²) in [6.07, 6.45) is 3.40. The van der Waals surface area contributed by atoms with Crippen LogP contribution in [0.1, 0.15) is 5.56 Å². The summed E-state index contributed by atoms with van der Waals surface area (Å²) in [6, 6.07) is 13.7. The van der Waals surface area contributed by atoms with E-state index in [9.17, 15) is 4.79 Å². The number of nitrogens with zero attached hydrogens (tertiary/aromatic N) is 2. The lowest BCUT2D eigenvalue weighted by molar-refractivity contribution is 0.996. The monoisotopic (exact) mass is 302 g/mol. The summed E-state index contributed by atoms with van der Waals surface area (Å²) < 4.78 is 0. The molecule has 23 heavy (non-hydrogen) atoms.